The highest BCUT2D eigenvalue weighted by molar-refractivity contribution is 7.60. The van der Waals surface area contributed by atoms with Crippen LogP contribution in [0, 0.1) is 0 Å². The van der Waals surface area contributed by atoms with Gasteiger partial charge in [-0.1, -0.05) is 163 Å². The summed E-state index contributed by atoms with van der Waals surface area (Å²) in [5.74, 6) is 0. The molecule has 1 atom stereocenters. The van der Waals surface area contributed by atoms with Gasteiger partial charge in [0.2, 0.25) is 0 Å². The molecule has 7 nitrogen and oxygen atoms in total. The summed E-state index contributed by atoms with van der Waals surface area (Å²) in [7, 11) is -9.93. The Morgan fingerprint density at radius 1 is 0.266 bits per heavy atom. The molecule has 9 heteroatoms. The van der Waals surface area contributed by atoms with E-state index in [-0.39, 0.29) is 6.61 Å². The van der Waals surface area contributed by atoms with Crippen LogP contribution in [-0.2, 0) is 18.0 Å². The molecule has 0 aromatic heterocycles. The summed E-state index contributed by atoms with van der Waals surface area (Å²) >= 11 is 0. The summed E-state index contributed by atoms with van der Waals surface area (Å²) in [6.45, 7) is 33.2. The quantitative estimate of drug-likeness (QED) is 0.0411. The van der Waals surface area contributed by atoms with Crippen molar-refractivity contribution in [1.82, 2.24) is 0 Å². The van der Waals surface area contributed by atoms with Gasteiger partial charge in [-0.2, -0.15) is 4.31 Å². The van der Waals surface area contributed by atoms with Crippen LogP contribution in [0.1, 0.15) is 271 Å². The Bertz CT molecular complexity index is 2300. The average molecular weight is 1130 g/mol. The molecule has 0 rings (SSSR count). The minimum Gasteiger partial charge on any atom is -0.302 e. The summed E-state index contributed by atoms with van der Waals surface area (Å²) in [5, 5.41) is 0. The first-order valence-electron chi connectivity index (χ1n) is 30.2. The van der Waals surface area contributed by atoms with Crippen LogP contribution in [-0.4, -0.2) is 21.3 Å². The van der Waals surface area contributed by atoms with E-state index in [1.165, 1.54) is 91.7 Å². The van der Waals surface area contributed by atoms with E-state index in [1.807, 2.05) is 6.92 Å². The van der Waals surface area contributed by atoms with E-state index in [2.05, 4.69) is 185 Å². The van der Waals surface area contributed by atoms with Gasteiger partial charge in [-0.15, -0.1) is 0 Å². The maximum absolute atomic E-state index is 11.5. The number of hydrogen-bond donors (Lipinski definition) is 3. The molecule has 0 heterocycles. The molecule has 0 aromatic carbocycles. The molecule has 0 aliphatic carbocycles. The van der Waals surface area contributed by atoms with Crippen molar-refractivity contribution >= 4 is 15.6 Å². The Balaban J connectivity index is 4.34. The smallest absolute Gasteiger partial charge is 0.302 e. The Kier molecular flexibility index (Phi) is 44.2. The molecular formula is C70H116O7P2. The Labute approximate surface area is 486 Å². The fourth-order valence-electron chi connectivity index (χ4n) is 8.90. The molecule has 0 fully saturated rings. The summed E-state index contributed by atoms with van der Waals surface area (Å²) in [4.78, 5) is 26.7. The van der Waals surface area contributed by atoms with Crippen molar-refractivity contribution in [2.75, 3.05) is 6.61 Å². The standard InChI is InChI=1S/C70H116O7P2/c1-57(2)29-16-30-58(3)31-17-32-59(4)33-18-34-60(5)35-19-36-61(6)37-20-38-62(7)39-21-40-63(8)41-22-42-64(9)43-23-44-65(10)45-24-46-66(11)47-25-48-67(12)49-26-50-68(13)51-27-52-69(14)53-28-54-70(15)55-56-76-79(74,75)77-78(71,72)73/h29,31,33,35,37,39,41,43,45,47,49,51,53,55H,16-28,30,32,34,36,38,40,42,44,46,48,50,52,54,56H2,1-15H3,(H,74,75)(H2,71,72,73). The third-order valence-corrected chi connectivity index (χ3v) is 16.5. The monoisotopic (exact) mass is 1130 g/mol. The van der Waals surface area contributed by atoms with Gasteiger partial charge in [-0.05, 0) is 271 Å². The topological polar surface area (TPSA) is 113 Å². The van der Waals surface area contributed by atoms with E-state index in [9.17, 15) is 14.0 Å². The van der Waals surface area contributed by atoms with Crippen LogP contribution >= 0.6 is 15.6 Å². The van der Waals surface area contributed by atoms with Gasteiger partial charge in [0.25, 0.3) is 0 Å². The van der Waals surface area contributed by atoms with E-state index in [0.717, 1.165) is 153 Å². The fourth-order valence-corrected chi connectivity index (χ4v) is 10.4. The number of phosphoric ester groups is 1. The van der Waals surface area contributed by atoms with Gasteiger partial charge in [0, 0.05) is 0 Å². The zero-order valence-corrected chi connectivity index (χ0v) is 54.8. The van der Waals surface area contributed by atoms with Crippen LogP contribution in [0.4, 0.5) is 0 Å². The number of rotatable bonds is 44. The molecule has 0 aliphatic rings. The molecule has 0 saturated carbocycles. The molecule has 79 heavy (non-hydrogen) atoms. The largest absolute Gasteiger partial charge is 0.481 e. The van der Waals surface area contributed by atoms with Crippen molar-refractivity contribution in [1.29, 1.82) is 0 Å². The van der Waals surface area contributed by atoms with Gasteiger partial charge >= 0.3 is 15.6 Å². The molecule has 0 amide bonds. The van der Waals surface area contributed by atoms with E-state index >= 15 is 0 Å². The Morgan fingerprint density at radius 3 is 0.570 bits per heavy atom. The van der Waals surface area contributed by atoms with Crippen LogP contribution in [0.2, 0.25) is 0 Å². The number of allylic oxidation sites excluding steroid dienone is 27. The van der Waals surface area contributed by atoms with Crippen LogP contribution in [0.5, 0.6) is 0 Å². The number of hydrogen-bond acceptors (Lipinski definition) is 4. The van der Waals surface area contributed by atoms with Crippen molar-refractivity contribution in [2.24, 2.45) is 0 Å². The highest BCUT2D eigenvalue weighted by Gasteiger charge is 2.31. The maximum Gasteiger partial charge on any atom is 0.481 e. The third-order valence-electron chi connectivity index (χ3n) is 14.3. The van der Waals surface area contributed by atoms with E-state index in [0.29, 0.717) is 0 Å². The zero-order valence-electron chi connectivity index (χ0n) is 53.0. The summed E-state index contributed by atoms with van der Waals surface area (Å²) in [6.07, 6.45) is 61.6. The molecule has 0 spiro atoms. The first-order valence-corrected chi connectivity index (χ1v) is 33.2. The van der Waals surface area contributed by atoms with Crippen molar-refractivity contribution in [2.45, 2.75) is 271 Å². The lowest BCUT2D eigenvalue weighted by Crippen LogP contribution is -1.94. The highest BCUT2D eigenvalue weighted by Crippen LogP contribution is 2.57. The molecular weight excluding hydrogens is 1010 g/mol. The Morgan fingerprint density at radius 2 is 0.418 bits per heavy atom. The second-order valence-corrected chi connectivity index (χ2v) is 26.1. The van der Waals surface area contributed by atoms with Gasteiger partial charge in [0.05, 0.1) is 6.61 Å². The van der Waals surface area contributed by atoms with Gasteiger partial charge in [0.15, 0.2) is 0 Å². The normalized spacial score (nSPS) is 15.8. The van der Waals surface area contributed by atoms with Gasteiger partial charge < -0.3 is 14.7 Å². The van der Waals surface area contributed by atoms with Crippen LogP contribution < -0.4 is 0 Å². The van der Waals surface area contributed by atoms with Crippen LogP contribution in [0.25, 0.3) is 0 Å². The highest BCUT2D eigenvalue weighted by atomic mass is 31.3. The molecule has 0 bridgehead atoms. The average Bonchev–Trinajstić information content (AvgIpc) is 3.33. The lowest BCUT2D eigenvalue weighted by molar-refractivity contribution is 0.191. The molecule has 0 aromatic rings. The first kappa shape index (κ1) is 75.6. The van der Waals surface area contributed by atoms with Crippen molar-refractivity contribution in [3.05, 3.63) is 163 Å². The van der Waals surface area contributed by atoms with Crippen LogP contribution in [0.15, 0.2) is 163 Å². The molecule has 0 radical (unpaired) electrons. The molecule has 3 N–H and O–H groups in total. The SMILES string of the molecule is CC(C)=CCCC(C)=CCCC(C)=CCCC(C)=CCCC(C)=CCCC(C)=CCCC(C)=CCCC(C)=CCCC(C)=CCCC(C)=CCCC(C)=CCCC(C)=CCCC(C)=CCCC(C)=CCOP(=O)(O)OP(=O)(O)O. The fraction of sp³-hybridized carbons (Fsp3) is 0.600. The third kappa shape index (κ3) is 51.3. The van der Waals surface area contributed by atoms with E-state index in [4.69, 9.17) is 9.79 Å². The summed E-state index contributed by atoms with van der Waals surface area (Å²) in [6, 6.07) is 0. The van der Waals surface area contributed by atoms with Crippen LogP contribution in [0.3, 0.4) is 0 Å². The predicted molar refractivity (Wildman–Crippen MR) is 347 cm³/mol. The van der Waals surface area contributed by atoms with Gasteiger partial charge in [-0.3, -0.25) is 4.52 Å². The van der Waals surface area contributed by atoms with Crippen molar-refractivity contribution in [3.8, 4) is 0 Å². The van der Waals surface area contributed by atoms with Crippen molar-refractivity contribution < 1.29 is 32.6 Å². The van der Waals surface area contributed by atoms with Crippen molar-refractivity contribution in [3.63, 3.8) is 0 Å². The molecule has 1 unspecified atom stereocenters. The second-order valence-electron chi connectivity index (χ2n) is 23.3. The van der Waals surface area contributed by atoms with Gasteiger partial charge in [-0.25, -0.2) is 9.13 Å². The zero-order chi connectivity index (χ0) is 59.5. The molecule has 448 valence electrons. The maximum atomic E-state index is 11.5. The lowest BCUT2D eigenvalue weighted by atomic mass is 10.0. The first-order chi connectivity index (χ1) is 37.2. The lowest BCUT2D eigenvalue weighted by Gasteiger charge is -2.11. The molecule has 0 saturated heterocycles. The second kappa shape index (κ2) is 46.1. The Hall–Kier alpha value is -3.38. The minimum atomic E-state index is -5.11. The summed E-state index contributed by atoms with van der Waals surface area (Å²) in [5.41, 5.74) is 20.2. The van der Waals surface area contributed by atoms with E-state index in [1.54, 1.807) is 6.08 Å². The predicted octanol–water partition coefficient (Wildman–Crippen LogP) is 23.6. The van der Waals surface area contributed by atoms with Gasteiger partial charge in [0.1, 0.15) is 0 Å². The summed E-state index contributed by atoms with van der Waals surface area (Å²) < 4.78 is 30.7. The van der Waals surface area contributed by atoms with E-state index < -0.39 is 15.6 Å². The number of phosphoric acid groups is 2. The minimum absolute atomic E-state index is 0.275. The molecule has 0 aliphatic heterocycles.